The molecule has 5 nitrogen and oxygen atoms in total. The van der Waals surface area contributed by atoms with Crippen molar-refractivity contribution in [3.63, 3.8) is 0 Å². The fourth-order valence-corrected chi connectivity index (χ4v) is 3.43. The number of aromatic amines is 1. The molecule has 0 bridgehead atoms. The van der Waals surface area contributed by atoms with Crippen LogP contribution in [0.5, 0.6) is 0 Å². The van der Waals surface area contributed by atoms with Crippen LogP contribution in [0.3, 0.4) is 0 Å². The van der Waals surface area contributed by atoms with Gasteiger partial charge in [0, 0.05) is 5.69 Å². The molecule has 0 aliphatic heterocycles. The zero-order valence-corrected chi connectivity index (χ0v) is 15.3. The van der Waals surface area contributed by atoms with E-state index >= 15 is 0 Å². The Labute approximate surface area is 159 Å². The van der Waals surface area contributed by atoms with E-state index < -0.39 is 29.5 Å². The molecule has 27 heavy (non-hydrogen) atoms. The van der Waals surface area contributed by atoms with Gasteiger partial charge in [-0.15, -0.1) is 11.3 Å². The molecule has 11 heteroatoms. The number of rotatable bonds is 4. The number of benzene rings is 1. The molecule has 1 aromatic carbocycles. The number of hydrogen-bond donors (Lipinski definition) is 2. The Morgan fingerprint density at radius 3 is 2.74 bits per heavy atom. The largest absolute Gasteiger partial charge is 0.419 e. The summed E-state index contributed by atoms with van der Waals surface area (Å²) in [7, 11) is 0. The highest BCUT2D eigenvalue weighted by Crippen LogP contribution is 2.33. The van der Waals surface area contributed by atoms with Gasteiger partial charge in [0.15, 0.2) is 10.6 Å². The number of carbonyl (C=O) groups excluding carboxylic acids is 1. The summed E-state index contributed by atoms with van der Waals surface area (Å²) in [5, 5.41) is 10.9. The first-order valence-corrected chi connectivity index (χ1v) is 8.85. The highest BCUT2D eigenvalue weighted by molar-refractivity contribution is 7.71. The minimum atomic E-state index is -4.87. The van der Waals surface area contributed by atoms with Gasteiger partial charge in [0.1, 0.15) is 11.9 Å². The molecular formula is C16H12F4N4OS2. The second-order valence-electron chi connectivity index (χ2n) is 5.56. The van der Waals surface area contributed by atoms with Crippen molar-refractivity contribution < 1.29 is 22.4 Å². The van der Waals surface area contributed by atoms with Crippen molar-refractivity contribution in [1.29, 1.82) is 0 Å². The normalized spacial score (nSPS) is 12.8. The summed E-state index contributed by atoms with van der Waals surface area (Å²) in [5.74, 6) is -1.59. The Balaban J connectivity index is 1.88. The van der Waals surface area contributed by atoms with Crippen LogP contribution in [0.4, 0.5) is 23.2 Å². The lowest BCUT2D eigenvalue weighted by molar-refractivity contribution is -0.140. The van der Waals surface area contributed by atoms with E-state index in [1.807, 2.05) is 11.4 Å². The SMILES string of the molecule is CC(C(=O)Nc1ccc(F)c(C(F)(F)F)c1)n1c(-c2cccs2)n[nH]c1=S. The third kappa shape index (κ3) is 3.93. The molecule has 0 radical (unpaired) electrons. The molecule has 0 saturated heterocycles. The third-order valence-electron chi connectivity index (χ3n) is 3.75. The molecular weight excluding hydrogens is 404 g/mol. The minimum absolute atomic E-state index is 0.173. The number of nitrogens with zero attached hydrogens (tertiary/aromatic N) is 2. The number of alkyl halides is 3. The molecule has 1 unspecified atom stereocenters. The Morgan fingerprint density at radius 2 is 2.11 bits per heavy atom. The van der Waals surface area contributed by atoms with Gasteiger partial charge in [-0.05, 0) is 48.8 Å². The van der Waals surface area contributed by atoms with Gasteiger partial charge in [0.05, 0.1) is 10.4 Å². The summed E-state index contributed by atoms with van der Waals surface area (Å²) >= 11 is 6.56. The average Bonchev–Trinajstić information content (AvgIpc) is 3.24. The summed E-state index contributed by atoms with van der Waals surface area (Å²) in [6, 6.07) is 5.01. The molecule has 2 aromatic heterocycles. The first-order valence-electron chi connectivity index (χ1n) is 7.57. The molecule has 3 aromatic rings. The molecule has 142 valence electrons. The lowest BCUT2D eigenvalue weighted by atomic mass is 10.1. The Kier molecular flexibility index (Phi) is 5.16. The van der Waals surface area contributed by atoms with Crippen LogP contribution in [0.15, 0.2) is 35.7 Å². The van der Waals surface area contributed by atoms with E-state index in [9.17, 15) is 22.4 Å². The van der Waals surface area contributed by atoms with E-state index in [-0.39, 0.29) is 10.5 Å². The topological polar surface area (TPSA) is 62.7 Å². The fourth-order valence-electron chi connectivity index (χ4n) is 2.43. The van der Waals surface area contributed by atoms with E-state index in [0.29, 0.717) is 18.0 Å². The molecule has 0 saturated carbocycles. The Morgan fingerprint density at radius 1 is 1.37 bits per heavy atom. The molecule has 1 atom stereocenters. The second-order valence-corrected chi connectivity index (χ2v) is 6.89. The predicted molar refractivity (Wildman–Crippen MR) is 95.5 cm³/mol. The number of carbonyl (C=O) groups is 1. The maximum atomic E-state index is 13.4. The third-order valence-corrected chi connectivity index (χ3v) is 4.91. The van der Waals surface area contributed by atoms with E-state index in [0.717, 1.165) is 10.9 Å². The molecule has 0 aliphatic carbocycles. The molecule has 2 heterocycles. The van der Waals surface area contributed by atoms with Crippen LogP contribution in [0.25, 0.3) is 10.7 Å². The fraction of sp³-hybridized carbons (Fsp3) is 0.188. The zero-order valence-electron chi connectivity index (χ0n) is 13.7. The average molecular weight is 416 g/mol. The highest BCUT2D eigenvalue weighted by Gasteiger charge is 2.34. The number of hydrogen-bond acceptors (Lipinski definition) is 4. The number of H-pyrrole nitrogens is 1. The smallest absolute Gasteiger partial charge is 0.324 e. The van der Waals surface area contributed by atoms with Crippen molar-refractivity contribution in [2.24, 2.45) is 0 Å². The van der Waals surface area contributed by atoms with Gasteiger partial charge in [-0.1, -0.05) is 6.07 Å². The first kappa shape index (κ1) is 19.2. The first-order chi connectivity index (χ1) is 12.7. The number of aromatic nitrogens is 3. The Hall–Kier alpha value is -2.53. The number of thiophene rings is 1. The monoisotopic (exact) mass is 416 g/mol. The minimum Gasteiger partial charge on any atom is -0.324 e. The molecule has 3 rings (SSSR count). The van der Waals surface area contributed by atoms with Crippen LogP contribution < -0.4 is 5.32 Å². The van der Waals surface area contributed by atoms with Crippen molar-refractivity contribution in [1.82, 2.24) is 14.8 Å². The zero-order chi connectivity index (χ0) is 19.8. The van der Waals surface area contributed by atoms with Gasteiger partial charge in [-0.2, -0.15) is 18.3 Å². The van der Waals surface area contributed by atoms with E-state index in [1.54, 1.807) is 6.07 Å². The standard InChI is InChI=1S/C16H12F4N4OS2/c1-8(24-13(22-23-15(24)26)12-3-2-6-27-12)14(25)21-9-4-5-11(17)10(7-9)16(18,19)20/h2-8H,1H3,(H,21,25)(H,23,26). The molecule has 1 amide bonds. The van der Waals surface area contributed by atoms with Gasteiger partial charge in [0.25, 0.3) is 0 Å². The van der Waals surface area contributed by atoms with Crippen LogP contribution in [-0.2, 0) is 11.0 Å². The number of amides is 1. The van der Waals surface area contributed by atoms with Crippen LogP contribution in [-0.4, -0.2) is 20.7 Å². The van der Waals surface area contributed by atoms with Gasteiger partial charge >= 0.3 is 6.18 Å². The van der Waals surface area contributed by atoms with Crippen LogP contribution in [0.2, 0.25) is 0 Å². The van der Waals surface area contributed by atoms with Crippen molar-refractivity contribution in [3.05, 3.63) is 51.9 Å². The van der Waals surface area contributed by atoms with Gasteiger partial charge < -0.3 is 5.32 Å². The van der Waals surface area contributed by atoms with Crippen molar-refractivity contribution in [2.75, 3.05) is 5.32 Å². The highest BCUT2D eigenvalue weighted by atomic mass is 32.1. The van der Waals surface area contributed by atoms with Crippen LogP contribution >= 0.6 is 23.6 Å². The van der Waals surface area contributed by atoms with Crippen LogP contribution in [0.1, 0.15) is 18.5 Å². The number of anilines is 1. The molecule has 0 aliphatic rings. The van der Waals surface area contributed by atoms with E-state index in [2.05, 4.69) is 15.5 Å². The maximum Gasteiger partial charge on any atom is 0.419 e. The van der Waals surface area contributed by atoms with Gasteiger partial charge in [-0.25, -0.2) is 4.39 Å². The Bertz CT molecular complexity index is 1020. The lowest BCUT2D eigenvalue weighted by Crippen LogP contribution is -2.24. The van der Waals surface area contributed by atoms with Crippen molar-refractivity contribution in [2.45, 2.75) is 19.1 Å². The van der Waals surface area contributed by atoms with E-state index in [1.165, 1.54) is 22.8 Å². The number of nitrogens with one attached hydrogen (secondary N) is 2. The van der Waals surface area contributed by atoms with E-state index in [4.69, 9.17) is 12.2 Å². The van der Waals surface area contributed by atoms with Gasteiger partial charge in [0.2, 0.25) is 5.91 Å². The summed E-state index contributed by atoms with van der Waals surface area (Å²) in [5.41, 5.74) is -1.62. The van der Waals surface area contributed by atoms with Crippen molar-refractivity contribution >= 4 is 35.1 Å². The molecule has 0 spiro atoms. The summed E-state index contributed by atoms with van der Waals surface area (Å²) in [4.78, 5) is 13.3. The summed E-state index contributed by atoms with van der Waals surface area (Å²) in [6.45, 7) is 1.53. The summed E-state index contributed by atoms with van der Waals surface area (Å²) in [6.07, 6.45) is -4.87. The molecule has 0 fully saturated rings. The number of halogens is 4. The quantitative estimate of drug-likeness (QED) is 0.463. The van der Waals surface area contributed by atoms with Gasteiger partial charge in [-0.3, -0.25) is 14.5 Å². The second kappa shape index (κ2) is 7.24. The summed E-state index contributed by atoms with van der Waals surface area (Å²) < 4.78 is 53.5. The van der Waals surface area contributed by atoms with Crippen LogP contribution in [0, 0.1) is 10.6 Å². The maximum absolute atomic E-state index is 13.4. The molecule has 2 N–H and O–H groups in total. The lowest BCUT2D eigenvalue weighted by Gasteiger charge is -2.16. The predicted octanol–water partition coefficient (Wildman–Crippen LogP) is 5.03. The van der Waals surface area contributed by atoms with Crippen molar-refractivity contribution in [3.8, 4) is 10.7 Å².